The molecule has 0 saturated carbocycles. The topological polar surface area (TPSA) is 134 Å². The SMILES string of the molecule is N#N.O=[N+]([O-])c1ccsc1[N+](=O)[O-]. The minimum Gasteiger partial charge on any atom is -0.258 e. The largest absolute Gasteiger partial charge is 0.401 e. The van der Waals surface area contributed by atoms with Crippen LogP contribution in [0.3, 0.4) is 0 Å². The first kappa shape index (κ1) is 10.9. The highest BCUT2D eigenvalue weighted by atomic mass is 32.1. The Bertz CT molecular complexity index is 316. The fourth-order valence-electron chi connectivity index (χ4n) is 0.570. The maximum absolute atomic E-state index is 10.1. The van der Waals surface area contributed by atoms with Crippen LogP contribution in [0.1, 0.15) is 0 Å². The number of nitrogens with zero attached hydrogens (tertiary/aromatic N) is 4. The van der Waals surface area contributed by atoms with Crippen molar-refractivity contribution in [1.82, 2.24) is 0 Å². The second-order valence-electron chi connectivity index (χ2n) is 1.63. The van der Waals surface area contributed by atoms with E-state index in [9.17, 15) is 20.2 Å². The van der Waals surface area contributed by atoms with Gasteiger partial charge in [0.15, 0.2) is 0 Å². The summed E-state index contributed by atoms with van der Waals surface area (Å²) in [6.07, 6.45) is 0. The molecular weight excluding hydrogens is 200 g/mol. The van der Waals surface area contributed by atoms with Crippen LogP contribution < -0.4 is 0 Å². The Morgan fingerprint density at radius 3 is 2.08 bits per heavy atom. The lowest BCUT2D eigenvalue weighted by Crippen LogP contribution is -1.91. The van der Waals surface area contributed by atoms with E-state index in [0.717, 1.165) is 17.4 Å². The molecule has 0 radical (unpaired) electrons. The van der Waals surface area contributed by atoms with Crippen molar-refractivity contribution < 1.29 is 9.85 Å². The summed E-state index contributed by atoms with van der Waals surface area (Å²) >= 11 is 0.745. The lowest BCUT2D eigenvalue weighted by Gasteiger charge is -1.84. The minimum atomic E-state index is -0.769. The maximum Gasteiger partial charge on any atom is 0.401 e. The van der Waals surface area contributed by atoms with E-state index in [1.807, 2.05) is 0 Å². The van der Waals surface area contributed by atoms with E-state index in [1.165, 1.54) is 5.38 Å². The third-order valence-corrected chi connectivity index (χ3v) is 1.84. The van der Waals surface area contributed by atoms with Crippen LogP contribution in [0.5, 0.6) is 0 Å². The molecule has 0 saturated heterocycles. The van der Waals surface area contributed by atoms with Gasteiger partial charge < -0.3 is 0 Å². The molecule has 0 bridgehead atoms. The number of nitro groups is 2. The minimum absolute atomic E-state index is 0.421. The molecule has 1 heterocycles. The van der Waals surface area contributed by atoms with Gasteiger partial charge in [-0.15, -0.1) is 0 Å². The van der Waals surface area contributed by atoms with Gasteiger partial charge >= 0.3 is 10.7 Å². The van der Waals surface area contributed by atoms with Crippen LogP contribution in [-0.2, 0) is 0 Å². The molecule has 0 unspecified atom stereocenters. The Morgan fingerprint density at radius 2 is 1.77 bits per heavy atom. The van der Waals surface area contributed by atoms with Crippen LogP contribution in [-0.4, -0.2) is 9.85 Å². The van der Waals surface area contributed by atoms with E-state index in [0.29, 0.717) is 0 Å². The summed E-state index contributed by atoms with van der Waals surface area (Å²) in [5.41, 5.74) is -0.444. The Labute approximate surface area is 75.1 Å². The molecular formula is C4H2N4O4S. The predicted molar refractivity (Wildman–Crippen MR) is 41.1 cm³/mol. The van der Waals surface area contributed by atoms with Gasteiger partial charge in [-0.25, -0.2) is 0 Å². The zero-order valence-electron chi connectivity index (χ0n) is 5.98. The Kier molecular flexibility index (Phi) is 3.97. The second-order valence-corrected chi connectivity index (χ2v) is 2.52. The van der Waals surface area contributed by atoms with Crippen molar-refractivity contribution >= 4 is 22.0 Å². The Morgan fingerprint density at radius 1 is 1.23 bits per heavy atom. The number of rotatable bonds is 2. The second kappa shape index (κ2) is 4.73. The molecule has 68 valence electrons. The lowest BCUT2D eigenvalue weighted by atomic mass is 10.5. The monoisotopic (exact) mass is 202 g/mol. The van der Waals surface area contributed by atoms with E-state index in [4.69, 9.17) is 10.8 Å². The number of thiophene rings is 1. The highest BCUT2D eigenvalue weighted by Gasteiger charge is 2.24. The number of hydrogen-bond donors (Lipinski definition) is 0. The molecule has 0 spiro atoms. The summed E-state index contributed by atoms with van der Waals surface area (Å²) in [6.45, 7) is 0. The predicted octanol–water partition coefficient (Wildman–Crippen LogP) is 1.59. The zero-order valence-corrected chi connectivity index (χ0v) is 6.80. The van der Waals surface area contributed by atoms with Crippen LogP contribution in [0.25, 0.3) is 0 Å². The quantitative estimate of drug-likeness (QED) is 0.406. The van der Waals surface area contributed by atoms with Gasteiger partial charge in [0.25, 0.3) is 0 Å². The van der Waals surface area contributed by atoms with Gasteiger partial charge in [0, 0.05) is 22.2 Å². The molecule has 0 aliphatic carbocycles. The van der Waals surface area contributed by atoms with E-state index in [2.05, 4.69) is 0 Å². The fraction of sp³-hybridized carbons (Fsp3) is 0. The highest BCUT2D eigenvalue weighted by molar-refractivity contribution is 7.13. The van der Waals surface area contributed by atoms with Crippen LogP contribution in [0.2, 0.25) is 0 Å². The molecule has 0 atom stereocenters. The molecule has 0 aliphatic heterocycles. The molecule has 8 nitrogen and oxygen atoms in total. The molecule has 9 heteroatoms. The molecule has 1 aromatic heterocycles. The van der Waals surface area contributed by atoms with Gasteiger partial charge in [0.1, 0.15) is 0 Å². The summed E-state index contributed by atoms with van der Waals surface area (Å²) < 4.78 is 0. The molecule has 1 aromatic rings. The van der Waals surface area contributed by atoms with Crippen LogP contribution >= 0.6 is 11.3 Å². The first-order valence-corrected chi connectivity index (χ1v) is 3.57. The summed E-state index contributed by atoms with van der Waals surface area (Å²) in [7, 11) is 0. The Hall–Kier alpha value is -2.08. The third kappa shape index (κ3) is 2.46. The molecule has 1 rings (SSSR count). The average molecular weight is 202 g/mol. The lowest BCUT2D eigenvalue weighted by molar-refractivity contribution is -0.419. The highest BCUT2D eigenvalue weighted by Crippen LogP contribution is 2.31. The fourth-order valence-corrected chi connectivity index (χ4v) is 1.25. The van der Waals surface area contributed by atoms with E-state index in [1.54, 1.807) is 0 Å². The van der Waals surface area contributed by atoms with Gasteiger partial charge in [-0.3, -0.25) is 20.2 Å². The standard InChI is InChI=1S/C4H2N2O4S.N2/c7-5(8)3-1-2-11-4(3)6(9)10;1-2/h1-2H;. The van der Waals surface area contributed by atoms with Gasteiger partial charge in [-0.05, 0) is 0 Å². The smallest absolute Gasteiger partial charge is 0.258 e. The zero-order chi connectivity index (χ0) is 10.4. The van der Waals surface area contributed by atoms with E-state index < -0.39 is 20.5 Å². The van der Waals surface area contributed by atoms with Crippen LogP contribution in [0.15, 0.2) is 11.4 Å². The number of hydrogen-bond acceptors (Lipinski definition) is 7. The summed E-state index contributed by atoms with van der Waals surface area (Å²) in [5.74, 6) is 0. The summed E-state index contributed by atoms with van der Waals surface area (Å²) in [4.78, 5) is 18.7. The Balaban J connectivity index is 0.000000671. The van der Waals surface area contributed by atoms with Gasteiger partial charge in [-0.2, -0.15) is 0 Å². The van der Waals surface area contributed by atoms with Gasteiger partial charge in [0.2, 0.25) is 0 Å². The third-order valence-electron chi connectivity index (χ3n) is 0.987. The van der Waals surface area contributed by atoms with Crippen molar-refractivity contribution in [3.05, 3.63) is 31.7 Å². The van der Waals surface area contributed by atoms with Crippen LogP contribution in [0, 0.1) is 31.0 Å². The first-order valence-electron chi connectivity index (χ1n) is 2.69. The van der Waals surface area contributed by atoms with E-state index in [-0.39, 0.29) is 0 Å². The summed E-state index contributed by atoms with van der Waals surface area (Å²) in [5, 5.41) is 33.1. The van der Waals surface area contributed by atoms with Crippen molar-refractivity contribution in [2.75, 3.05) is 0 Å². The molecule has 0 aliphatic rings. The van der Waals surface area contributed by atoms with E-state index >= 15 is 0 Å². The van der Waals surface area contributed by atoms with Crippen molar-refractivity contribution in [2.45, 2.75) is 0 Å². The normalized spacial score (nSPS) is 8.15. The molecule has 0 N–H and O–H groups in total. The molecule has 13 heavy (non-hydrogen) atoms. The molecule has 0 fully saturated rings. The van der Waals surface area contributed by atoms with Crippen molar-refractivity contribution in [3.8, 4) is 0 Å². The molecule has 0 amide bonds. The first-order chi connectivity index (χ1) is 6.13. The van der Waals surface area contributed by atoms with Crippen molar-refractivity contribution in [3.63, 3.8) is 0 Å². The summed E-state index contributed by atoms with van der Waals surface area (Å²) in [6, 6.07) is 1.11. The van der Waals surface area contributed by atoms with Crippen molar-refractivity contribution in [1.29, 1.82) is 10.8 Å². The average Bonchev–Trinajstić information content (AvgIpc) is 2.55. The van der Waals surface area contributed by atoms with Gasteiger partial charge in [0.05, 0.1) is 9.85 Å². The van der Waals surface area contributed by atoms with Gasteiger partial charge in [-0.1, -0.05) is 11.3 Å². The molecule has 0 aromatic carbocycles. The van der Waals surface area contributed by atoms with Crippen LogP contribution in [0.4, 0.5) is 10.7 Å². The maximum atomic E-state index is 10.1. The van der Waals surface area contributed by atoms with Crippen molar-refractivity contribution in [2.24, 2.45) is 0 Å².